The van der Waals surface area contributed by atoms with Gasteiger partial charge in [0.05, 0.1) is 21.8 Å². The van der Waals surface area contributed by atoms with E-state index in [4.69, 9.17) is 11.6 Å². The largest absolute Gasteiger partial charge is 0.434 e. The number of aryl methyl sites for hydroxylation is 1. The highest BCUT2D eigenvalue weighted by Gasteiger charge is 2.43. The first-order chi connectivity index (χ1) is 12.1. The predicted molar refractivity (Wildman–Crippen MR) is 90.2 cm³/mol. The van der Waals surface area contributed by atoms with Crippen molar-refractivity contribution in [3.63, 3.8) is 0 Å². The third kappa shape index (κ3) is 3.22. The van der Waals surface area contributed by atoms with Gasteiger partial charge in [0.2, 0.25) is 9.84 Å². The zero-order valence-electron chi connectivity index (χ0n) is 13.3. The molecule has 136 valence electrons. The van der Waals surface area contributed by atoms with Crippen LogP contribution in [0.5, 0.6) is 0 Å². The topological polar surface area (TPSA) is 52.0 Å². The van der Waals surface area contributed by atoms with Crippen LogP contribution >= 0.6 is 11.6 Å². The molecular formula is C17H12ClF3N2O2S. The van der Waals surface area contributed by atoms with Crippen molar-refractivity contribution >= 4 is 21.4 Å². The van der Waals surface area contributed by atoms with Gasteiger partial charge in [-0.25, -0.2) is 13.1 Å². The quantitative estimate of drug-likeness (QED) is 0.641. The van der Waals surface area contributed by atoms with Gasteiger partial charge in [-0.05, 0) is 31.2 Å². The predicted octanol–water partition coefficient (Wildman–Crippen LogP) is 4.69. The number of benzene rings is 2. The number of halogens is 4. The lowest BCUT2D eigenvalue weighted by atomic mass is 10.2. The Morgan fingerprint density at radius 2 is 1.65 bits per heavy atom. The van der Waals surface area contributed by atoms with E-state index >= 15 is 0 Å². The van der Waals surface area contributed by atoms with Crippen LogP contribution in [0.1, 0.15) is 11.3 Å². The summed E-state index contributed by atoms with van der Waals surface area (Å²) in [5.74, 6) is 0. The molecule has 1 heterocycles. The molecule has 0 aliphatic carbocycles. The molecule has 4 nitrogen and oxygen atoms in total. The number of hydrogen-bond donors (Lipinski definition) is 0. The van der Waals surface area contributed by atoms with E-state index in [0.717, 1.165) is 5.56 Å². The van der Waals surface area contributed by atoms with Crippen molar-refractivity contribution in [2.24, 2.45) is 0 Å². The molecule has 0 saturated carbocycles. The molecule has 3 aromatic rings. The molecule has 0 spiro atoms. The molecule has 9 heteroatoms. The minimum atomic E-state index is -4.96. The average molecular weight is 401 g/mol. The van der Waals surface area contributed by atoms with Gasteiger partial charge in [-0.3, -0.25) is 0 Å². The van der Waals surface area contributed by atoms with E-state index in [2.05, 4.69) is 5.10 Å². The molecule has 0 unspecified atom stereocenters. The number of hydrogen-bond acceptors (Lipinski definition) is 3. The maximum absolute atomic E-state index is 13.7. The molecule has 1 aromatic heterocycles. The number of aromatic nitrogens is 2. The summed E-state index contributed by atoms with van der Waals surface area (Å²) in [5.41, 5.74) is -0.676. The van der Waals surface area contributed by atoms with Crippen molar-refractivity contribution in [3.05, 3.63) is 71.0 Å². The number of nitrogens with zero attached hydrogens (tertiary/aromatic N) is 2. The molecule has 0 amide bonds. The van der Waals surface area contributed by atoms with Crippen LogP contribution in [0, 0.1) is 6.92 Å². The maximum atomic E-state index is 13.7. The molecule has 0 atom stereocenters. The average Bonchev–Trinajstić information content (AvgIpc) is 3.01. The zero-order valence-corrected chi connectivity index (χ0v) is 14.9. The smallest absolute Gasteiger partial charge is 0.226 e. The molecule has 26 heavy (non-hydrogen) atoms. The van der Waals surface area contributed by atoms with Crippen molar-refractivity contribution in [2.75, 3.05) is 0 Å². The highest BCUT2D eigenvalue weighted by Crippen LogP contribution is 2.38. The molecule has 3 rings (SSSR count). The number of sulfone groups is 1. The molecule has 0 fully saturated rings. The van der Waals surface area contributed by atoms with Crippen molar-refractivity contribution in [2.45, 2.75) is 22.9 Å². The van der Waals surface area contributed by atoms with Crippen LogP contribution in [-0.4, -0.2) is 18.2 Å². The Morgan fingerprint density at radius 1 is 1.04 bits per heavy atom. The van der Waals surface area contributed by atoms with Gasteiger partial charge in [0.25, 0.3) is 0 Å². The molecular weight excluding hydrogens is 389 g/mol. The molecule has 0 radical (unpaired) electrons. The van der Waals surface area contributed by atoms with E-state index in [1.54, 1.807) is 13.0 Å². The molecule has 0 saturated heterocycles. The SMILES string of the molecule is Cc1ccc(S(=O)(=O)c2cnn(-c3ccccc3Cl)c2C(F)(F)F)cc1. The Hall–Kier alpha value is -2.32. The molecule has 2 aromatic carbocycles. The van der Waals surface area contributed by atoms with Gasteiger partial charge in [0.15, 0.2) is 5.69 Å². The van der Waals surface area contributed by atoms with E-state index in [-0.39, 0.29) is 15.6 Å². The summed E-state index contributed by atoms with van der Waals surface area (Å²) >= 11 is 5.96. The molecule has 0 bridgehead atoms. The Morgan fingerprint density at radius 3 is 2.23 bits per heavy atom. The van der Waals surface area contributed by atoms with Crippen molar-refractivity contribution in [1.82, 2.24) is 9.78 Å². The molecule has 0 aliphatic heterocycles. The van der Waals surface area contributed by atoms with Gasteiger partial charge < -0.3 is 0 Å². The molecule has 0 N–H and O–H groups in total. The Balaban J connectivity index is 2.27. The standard InChI is InChI=1S/C17H12ClF3N2O2S/c1-11-6-8-12(9-7-11)26(24,25)15-10-22-23(16(15)17(19,20)21)14-5-3-2-4-13(14)18/h2-10H,1H3. The fraction of sp³-hybridized carbons (Fsp3) is 0.118. The second-order valence-electron chi connectivity index (χ2n) is 5.53. The van der Waals surface area contributed by atoms with Crippen LogP contribution in [0.25, 0.3) is 5.69 Å². The Kier molecular flexibility index (Phi) is 4.58. The van der Waals surface area contributed by atoms with Crippen LogP contribution in [0.4, 0.5) is 13.2 Å². The maximum Gasteiger partial charge on any atom is 0.434 e. The summed E-state index contributed by atoms with van der Waals surface area (Å²) in [6.07, 6.45) is -4.26. The van der Waals surface area contributed by atoms with Crippen LogP contribution in [-0.2, 0) is 16.0 Å². The lowest BCUT2D eigenvalue weighted by molar-refractivity contribution is -0.145. The van der Waals surface area contributed by atoms with Crippen LogP contribution in [0.3, 0.4) is 0 Å². The lowest BCUT2D eigenvalue weighted by Crippen LogP contribution is -2.17. The van der Waals surface area contributed by atoms with Gasteiger partial charge >= 0.3 is 6.18 Å². The third-order valence-electron chi connectivity index (χ3n) is 3.71. The normalized spacial score (nSPS) is 12.3. The summed E-state index contributed by atoms with van der Waals surface area (Å²) < 4.78 is 67.1. The number of alkyl halides is 3. The highest BCUT2D eigenvalue weighted by molar-refractivity contribution is 7.91. The van der Waals surface area contributed by atoms with E-state index < -0.39 is 26.6 Å². The first kappa shape index (κ1) is 18.5. The first-order valence-corrected chi connectivity index (χ1v) is 9.20. The second kappa shape index (κ2) is 6.44. The molecule has 0 aliphatic rings. The summed E-state index contributed by atoms with van der Waals surface area (Å²) in [7, 11) is -4.42. The third-order valence-corrected chi connectivity index (χ3v) is 5.80. The van der Waals surface area contributed by atoms with Gasteiger partial charge in [-0.2, -0.15) is 18.3 Å². The van der Waals surface area contributed by atoms with E-state index in [0.29, 0.717) is 10.9 Å². The summed E-state index contributed by atoms with van der Waals surface area (Å²) in [5, 5.41) is 3.67. The zero-order chi connectivity index (χ0) is 19.1. The van der Waals surface area contributed by atoms with Crippen molar-refractivity contribution < 1.29 is 21.6 Å². The van der Waals surface area contributed by atoms with Crippen molar-refractivity contribution in [1.29, 1.82) is 0 Å². The van der Waals surface area contributed by atoms with Crippen LogP contribution in [0.2, 0.25) is 5.02 Å². The Labute approximate surface area is 152 Å². The van der Waals surface area contributed by atoms with E-state index in [9.17, 15) is 21.6 Å². The lowest BCUT2D eigenvalue weighted by Gasteiger charge is -2.14. The summed E-state index contributed by atoms with van der Waals surface area (Å²) in [4.78, 5) is -1.17. The van der Waals surface area contributed by atoms with E-state index in [1.807, 2.05) is 0 Å². The van der Waals surface area contributed by atoms with E-state index in [1.165, 1.54) is 42.5 Å². The second-order valence-corrected chi connectivity index (χ2v) is 7.86. The minimum Gasteiger partial charge on any atom is -0.226 e. The van der Waals surface area contributed by atoms with Gasteiger partial charge in [-0.1, -0.05) is 41.4 Å². The van der Waals surface area contributed by atoms with Gasteiger partial charge in [0, 0.05) is 0 Å². The summed E-state index contributed by atoms with van der Waals surface area (Å²) in [6.45, 7) is 1.74. The first-order valence-electron chi connectivity index (χ1n) is 7.34. The highest BCUT2D eigenvalue weighted by atomic mass is 35.5. The van der Waals surface area contributed by atoms with Crippen molar-refractivity contribution in [3.8, 4) is 5.69 Å². The number of para-hydroxylation sites is 1. The van der Waals surface area contributed by atoms with Crippen LogP contribution in [0.15, 0.2) is 64.5 Å². The fourth-order valence-corrected chi connectivity index (χ4v) is 4.05. The van der Waals surface area contributed by atoms with Gasteiger partial charge in [0.1, 0.15) is 4.90 Å². The minimum absolute atomic E-state index is 0.0142. The fourth-order valence-electron chi connectivity index (χ4n) is 2.44. The Bertz CT molecular complexity index is 1060. The monoisotopic (exact) mass is 400 g/mol. The van der Waals surface area contributed by atoms with Gasteiger partial charge in [-0.15, -0.1) is 0 Å². The van der Waals surface area contributed by atoms with Crippen LogP contribution < -0.4 is 0 Å². The number of rotatable bonds is 3. The summed E-state index contributed by atoms with van der Waals surface area (Å²) in [6, 6.07) is 11.3.